The van der Waals surface area contributed by atoms with Crippen molar-refractivity contribution in [2.75, 3.05) is 32.3 Å². The van der Waals surface area contributed by atoms with E-state index in [0.717, 1.165) is 12.8 Å². The number of thiazole rings is 1. The Bertz CT molecular complexity index is 1030. The molecule has 0 radical (unpaired) electrons. The number of ether oxygens (including phenoxy) is 3. The average Bonchev–Trinajstić information content (AvgIpc) is 3.40. The third-order valence-corrected chi connectivity index (χ3v) is 5.90. The number of halogens is 1. The van der Waals surface area contributed by atoms with Gasteiger partial charge in [0.25, 0.3) is 5.91 Å². The van der Waals surface area contributed by atoms with Crippen LogP contribution in [0, 0.1) is 5.82 Å². The lowest BCUT2D eigenvalue weighted by atomic mass is 10.1. The second-order valence-electron chi connectivity index (χ2n) is 6.73. The molecule has 0 aliphatic carbocycles. The molecule has 1 atom stereocenters. The molecule has 1 unspecified atom stereocenters. The molecule has 2 aromatic carbocycles. The van der Waals surface area contributed by atoms with Gasteiger partial charge in [0.05, 0.1) is 42.6 Å². The maximum absolute atomic E-state index is 13.6. The second kappa shape index (κ2) is 8.34. The van der Waals surface area contributed by atoms with E-state index in [0.29, 0.717) is 45.6 Å². The Labute approximate surface area is 171 Å². The molecule has 29 heavy (non-hydrogen) atoms. The standard InChI is InChI=1S/C21H21FN2O4S/c1-26-14-6-8-18(27-2)16(11-14)20(25)24(12-15-4-3-9-28-15)21-23-17-7-5-13(22)10-19(17)29-21/h5-8,10-11,15H,3-4,9,12H2,1-2H3. The maximum Gasteiger partial charge on any atom is 0.264 e. The first-order valence-corrected chi connectivity index (χ1v) is 10.1. The predicted octanol–water partition coefficient (Wildman–Crippen LogP) is 4.28. The van der Waals surface area contributed by atoms with Crippen LogP contribution in [0.15, 0.2) is 36.4 Å². The molecule has 152 valence electrons. The molecule has 0 saturated carbocycles. The number of methoxy groups -OCH3 is 2. The zero-order valence-electron chi connectivity index (χ0n) is 16.2. The van der Waals surface area contributed by atoms with Crippen LogP contribution in [0.5, 0.6) is 11.5 Å². The normalized spacial score (nSPS) is 16.2. The van der Waals surface area contributed by atoms with Crippen molar-refractivity contribution < 1.29 is 23.4 Å². The lowest BCUT2D eigenvalue weighted by molar-refractivity contribution is 0.0914. The predicted molar refractivity (Wildman–Crippen MR) is 110 cm³/mol. The molecule has 0 spiro atoms. The van der Waals surface area contributed by atoms with Gasteiger partial charge in [0.1, 0.15) is 17.3 Å². The summed E-state index contributed by atoms with van der Waals surface area (Å²) in [5, 5.41) is 0.496. The van der Waals surface area contributed by atoms with Crippen molar-refractivity contribution in [2.45, 2.75) is 18.9 Å². The molecule has 6 nitrogen and oxygen atoms in total. The number of carbonyl (C=O) groups excluding carboxylic acids is 1. The van der Waals surface area contributed by atoms with Crippen LogP contribution in [0.2, 0.25) is 0 Å². The highest BCUT2D eigenvalue weighted by atomic mass is 32.1. The van der Waals surface area contributed by atoms with Gasteiger partial charge >= 0.3 is 0 Å². The van der Waals surface area contributed by atoms with Crippen LogP contribution in [-0.2, 0) is 4.74 Å². The number of fused-ring (bicyclic) bond motifs is 1. The Morgan fingerprint density at radius 3 is 2.86 bits per heavy atom. The number of nitrogens with zero attached hydrogens (tertiary/aromatic N) is 2. The molecular weight excluding hydrogens is 395 g/mol. The average molecular weight is 416 g/mol. The van der Waals surface area contributed by atoms with Crippen molar-refractivity contribution in [1.82, 2.24) is 4.98 Å². The number of benzene rings is 2. The molecule has 8 heteroatoms. The van der Waals surface area contributed by atoms with Crippen LogP contribution in [0.1, 0.15) is 23.2 Å². The highest BCUT2D eigenvalue weighted by molar-refractivity contribution is 7.22. The summed E-state index contributed by atoms with van der Waals surface area (Å²) in [4.78, 5) is 19.7. The first-order valence-electron chi connectivity index (χ1n) is 9.30. The summed E-state index contributed by atoms with van der Waals surface area (Å²) < 4.78 is 30.7. The minimum atomic E-state index is -0.334. The van der Waals surface area contributed by atoms with E-state index in [1.54, 1.807) is 36.3 Å². The van der Waals surface area contributed by atoms with Crippen LogP contribution in [0.4, 0.5) is 9.52 Å². The Hall–Kier alpha value is -2.71. The van der Waals surface area contributed by atoms with Gasteiger partial charge in [0, 0.05) is 6.61 Å². The number of amides is 1. The van der Waals surface area contributed by atoms with Crippen molar-refractivity contribution in [3.63, 3.8) is 0 Å². The van der Waals surface area contributed by atoms with E-state index < -0.39 is 0 Å². The van der Waals surface area contributed by atoms with E-state index in [-0.39, 0.29) is 17.8 Å². The highest BCUT2D eigenvalue weighted by Gasteiger charge is 2.29. The number of anilines is 1. The fraction of sp³-hybridized carbons (Fsp3) is 0.333. The summed E-state index contributed by atoms with van der Waals surface area (Å²) in [5.41, 5.74) is 1.02. The van der Waals surface area contributed by atoms with Gasteiger partial charge < -0.3 is 14.2 Å². The summed E-state index contributed by atoms with van der Waals surface area (Å²) in [6.07, 6.45) is 1.76. The van der Waals surface area contributed by atoms with Crippen LogP contribution < -0.4 is 14.4 Å². The van der Waals surface area contributed by atoms with Gasteiger partial charge in [-0.25, -0.2) is 9.37 Å². The van der Waals surface area contributed by atoms with Gasteiger partial charge in [-0.2, -0.15) is 0 Å². The van der Waals surface area contributed by atoms with Crippen molar-refractivity contribution >= 4 is 32.6 Å². The number of hydrogen-bond donors (Lipinski definition) is 0. The number of hydrogen-bond acceptors (Lipinski definition) is 6. The second-order valence-corrected chi connectivity index (χ2v) is 7.73. The molecule has 4 rings (SSSR count). The quantitative estimate of drug-likeness (QED) is 0.600. The van der Waals surface area contributed by atoms with Gasteiger partial charge in [-0.15, -0.1) is 0 Å². The Kier molecular flexibility index (Phi) is 5.64. The van der Waals surface area contributed by atoms with E-state index in [2.05, 4.69) is 4.98 Å². The van der Waals surface area contributed by atoms with Crippen LogP contribution >= 0.6 is 11.3 Å². The lowest BCUT2D eigenvalue weighted by Gasteiger charge is -2.24. The maximum atomic E-state index is 13.6. The topological polar surface area (TPSA) is 60.9 Å². The van der Waals surface area contributed by atoms with Crippen molar-refractivity contribution in [2.24, 2.45) is 0 Å². The summed E-state index contributed by atoms with van der Waals surface area (Å²) in [5.74, 6) is 0.396. The molecule has 1 saturated heterocycles. The minimum Gasteiger partial charge on any atom is -0.497 e. The van der Waals surface area contributed by atoms with E-state index in [4.69, 9.17) is 14.2 Å². The largest absolute Gasteiger partial charge is 0.497 e. The molecule has 0 N–H and O–H groups in total. The Morgan fingerprint density at radius 2 is 2.14 bits per heavy atom. The molecule has 1 aliphatic heterocycles. The number of aromatic nitrogens is 1. The fourth-order valence-corrected chi connectivity index (χ4v) is 4.37. The first kappa shape index (κ1) is 19.6. The monoisotopic (exact) mass is 416 g/mol. The number of rotatable bonds is 6. The van der Waals surface area contributed by atoms with Crippen LogP contribution in [0.3, 0.4) is 0 Å². The zero-order chi connectivity index (χ0) is 20.4. The Morgan fingerprint density at radius 1 is 1.28 bits per heavy atom. The minimum absolute atomic E-state index is 0.0701. The molecular formula is C21H21FN2O4S. The molecule has 0 bridgehead atoms. The van der Waals surface area contributed by atoms with Crippen molar-refractivity contribution in [1.29, 1.82) is 0 Å². The van der Waals surface area contributed by atoms with E-state index in [9.17, 15) is 9.18 Å². The fourth-order valence-electron chi connectivity index (χ4n) is 3.37. The van der Waals surface area contributed by atoms with Gasteiger partial charge in [0.15, 0.2) is 5.13 Å². The molecule has 1 aromatic heterocycles. The van der Waals surface area contributed by atoms with Gasteiger partial charge in [0.2, 0.25) is 0 Å². The Balaban J connectivity index is 1.76. The van der Waals surface area contributed by atoms with Gasteiger partial charge in [-0.05, 0) is 49.2 Å². The van der Waals surface area contributed by atoms with Crippen LogP contribution in [0.25, 0.3) is 10.2 Å². The number of carbonyl (C=O) groups is 1. The summed E-state index contributed by atoms with van der Waals surface area (Å²) in [6, 6.07) is 9.49. The van der Waals surface area contributed by atoms with Crippen molar-refractivity contribution in [3.8, 4) is 11.5 Å². The summed E-state index contributed by atoms with van der Waals surface area (Å²) in [7, 11) is 3.06. The highest BCUT2D eigenvalue weighted by Crippen LogP contribution is 2.33. The van der Waals surface area contributed by atoms with E-state index >= 15 is 0 Å². The molecule has 1 amide bonds. The third kappa shape index (κ3) is 4.04. The van der Waals surface area contributed by atoms with Crippen molar-refractivity contribution in [3.05, 3.63) is 47.8 Å². The first-order chi connectivity index (χ1) is 14.1. The third-order valence-electron chi connectivity index (χ3n) is 4.86. The lowest BCUT2D eigenvalue weighted by Crippen LogP contribution is -2.37. The summed E-state index contributed by atoms with van der Waals surface area (Å²) >= 11 is 1.28. The smallest absolute Gasteiger partial charge is 0.264 e. The molecule has 3 aromatic rings. The van der Waals surface area contributed by atoms with Gasteiger partial charge in [-0.1, -0.05) is 11.3 Å². The van der Waals surface area contributed by atoms with Crippen LogP contribution in [-0.4, -0.2) is 44.4 Å². The zero-order valence-corrected chi connectivity index (χ0v) is 17.0. The van der Waals surface area contributed by atoms with Gasteiger partial charge in [-0.3, -0.25) is 9.69 Å². The van der Waals surface area contributed by atoms with E-state index in [1.807, 2.05) is 0 Å². The summed E-state index contributed by atoms with van der Waals surface area (Å²) in [6.45, 7) is 1.04. The van der Waals surface area contributed by atoms with E-state index in [1.165, 1.54) is 30.6 Å². The molecule has 1 aliphatic rings. The molecule has 2 heterocycles. The SMILES string of the molecule is COc1ccc(OC)c(C(=O)N(CC2CCCO2)c2nc3ccc(F)cc3s2)c1. The molecule has 1 fully saturated rings.